The van der Waals surface area contributed by atoms with Crippen molar-refractivity contribution in [2.45, 2.75) is 6.92 Å². The summed E-state index contributed by atoms with van der Waals surface area (Å²) < 4.78 is 5.23. The SMILES string of the molecule is Cc1occc1C(=O)N1CC[NH+](CC=Cc2ccccc2)CC1. The van der Waals surface area contributed by atoms with E-state index in [-0.39, 0.29) is 5.91 Å². The van der Waals surface area contributed by atoms with Crippen LogP contribution in [0.5, 0.6) is 0 Å². The van der Waals surface area contributed by atoms with E-state index in [0.717, 1.165) is 32.7 Å². The minimum absolute atomic E-state index is 0.0927. The Morgan fingerprint density at radius 3 is 2.61 bits per heavy atom. The fourth-order valence-electron chi connectivity index (χ4n) is 2.93. The molecule has 0 radical (unpaired) electrons. The number of carbonyl (C=O) groups is 1. The summed E-state index contributed by atoms with van der Waals surface area (Å²) in [7, 11) is 0. The van der Waals surface area contributed by atoms with Gasteiger partial charge in [0.25, 0.3) is 5.91 Å². The average molecular weight is 311 g/mol. The fourth-order valence-corrected chi connectivity index (χ4v) is 2.93. The third-order valence-electron chi connectivity index (χ3n) is 4.36. The highest BCUT2D eigenvalue weighted by Gasteiger charge is 2.25. The molecule has 2 aromatic rings. The lowest BCUT2D eigenvalue weighted by atomic mass is 10.2. The van der Waals surface area contributed by atoms with Crippen LogP contribution in [0.25, 0.3) is 6.08 Å². The van der Waals surface area contributed by atoms with Crippen molar-refractivity contribution in [1.29, 1.82) is 0 Å². The molecule has 0 spiro atoms. The molecule has 1 amide bonds. The zero-order chi connectivity index (χ0) is 16.1. The number of hydrogen-bond acceptors (Lipinski definition) is 2. The van der Waals surface area contributed by atoms with Gasteiger partial charge >= 0.3 is 0 Å². The number of benzene rings is 1. The summed E-state index contributed by atoms with van der Waals surface area (Å²) in [6.07, 6.45) is 5.97. The van der Waals surface area contributed by atoms with Crippen LogP contribution in [-0.2, 0) is 0 Å². The van der Waals surface area contributed by atoms with Crippen LogP contribution in [0.2, 0.25) is 0 Å². The Morgan fingerprint density at radius 1 is 1.22 bits per heavy atom. The summed E-state index contributed by atoms with van der Waals surface area (Å²) >= 11 is 0. The summed E-state index contributed by atoms with van der Waals surface area (Å²) in [5.74, 6) is 0.797. The van der Waals surface area contributed by atoms with Crippen LogP contribution < -0.4 is 4.90 Å². The molecule has 1 N–H and O–H groups in total. The Bertz CT molecular complexity index is 668. The lowest BCUT2D eigenvalue weighted by Crippen LogP contribution is -3.14. The molecule has 0 bridgehead atoms. The predicted octanol–water partition coefficient (Wildman–Crippen LogP) is 1.64. The van der Waals surface area contributed by atoms with Gasteiger partial charge in [0.15, 0.2) is 0 Å². The molecule has 1 aliphatic rings. The second kappa shape index (κ2) is 7.29. The molecule has 1 saturated heterocycles. The first-order valence-corrected chi connectivity index (χ1v) is 8.12. The maximum Gasteiger partial charge on any atom is 0.257 e. The monoisotopic (exact) mass is 311 g/mol. The number of furan rings is 1. The van der Waals surface area contributed by atoms with Gasteiger partial charge in [-0.2, -0.15) is 0 Å². The molecule has 4 nitrogen and oxygen atoms in total. The van der Waals surface area contributed by atoms with Crippen LogP contribution >= 0.6 is 0 Å². The standard InChI is InChI=1S/C19H22N2O2/c1-16-18(9-15-23-16)19(22)21-13-11-20(12-14-21)10-5-8-17-6-3-2-4-7-17/h2-9,15H,10-14H2,1H3/p+1. The maximum atomic E-state index is 12.4. The summed E-state index contributed by atoms with van der Waals surface area (Å²) in [5, 5.41) is 0. The average Bonchev–Trinajstić information content (AvgIpc) is 3.02. The van der Waals surface area contributed by atoms with Crippen LogP contribution in [0.4, 0.5) is 0 Å². The van der Waals surface area contributed by atoms with Crippen molar-refractivity contribution in [3.8, 4) is 0 Å². The van der Waals surface area contributed by atoms with Crippen LogP contribution in [0.1, 0.15) is 21.7 Å². The number of quaternary nitrogens is 1. The summed E-state index contributed by atoms with van der Waals surface area (Å²) in [6, 6.07) is 12.1. The Hall–Kier alpha value is -2.33. The number of hydrogen-bond donors (Lipinski definition) is 1. The Labute approximate surface area is 137 Å². The molecule has 1 aliphatic heterocycles. The largest absolute Gasteiger partial charge is 0.469 e. The molecule has 1 aromatic heterocycles. The molecular formula is C19H23N2O2+. The second-order valence-corrected chi connectivity index (χ2v) is 5.95. The van der Waals surface area contributed by atoms with Gasteiger partial charge in [0.1, 0.15) is 5.76 Å². The Kier molecular flexibility index (Phi) is 4.93. The van der Waals surface area contributed by atoms with E-state index < -0.39 is 0 Å². The van der Waals surface area contributed by atoms with Crippen molar-refractivity contribution in [2.24, 2.45) is 0 Å². The van der Waals surface area contributed by atoms with E-state index in [9.17, 15) is 4.79 Å². The van der Waals surface area contributed by atoms with Gasteiger partial charge in [0, 0.05) is 0 Å². The molecule has 0 saturated carbocycles. The maximum absolute atomic E-state index is 12.4. The zero-order valence-corrected chi connectivity index (χ0v) is 13.5. The lowest BCUT2D eigenvalue weighted by Gasteiger charge is -2.31. The third kappa shape index (κ3) is 3.90. The minimum Gasteiger partial charge on any atom is -0.469 e. The molecule has 0 unspecified atom stereocenters. The van der Waals surface area contributed by atoms with Gasteiger partial charge in [0.2, 0.25) is 0 Å². The van der Waals surface area contributed by atoms with Crippen LogP contribution in [-0.4, -0.2) is 43.5 Å². The van der Waals surface area contributed by atoms with Crippen molar-refractivity contribution >= 4 is 12.0 Å². The van der Waals surface area contributed by atoms with Crippen LogP contribution in [0.15, 0.2) is 53.2 Å². The molecular weight excluding hydrogens is 288 g/mol. The Balaban J connectivity index is 1.48. The number of carbonyl (C=O) groups excluding carboxylic acids is 1. The summed E-state index contributed by atoms with van der Waals surface area (Å²) in [6.45, 7) is 6.42. The second-order valence-electron chi connectivity index (χ2n) is 5.95. The van der Waals surface area contributed by atoms with E-state index in [2.05, 4.69) is 36.4 Å². The van der Waals surface area contributed by atoms with E-state index in [1.165, 1.54) is 10.5 Å². The molecule has 2 heterocycles. The number of rotatable bonds is 4. The highest BCUT2D eigenvalue weighted by Crippen LogP contribution is 2.12. The minimum atomic E-state index is 0.0927. The van der Waals surface area contributed by atoms with Gasteiger partial charge < -0.3 is 14.2 Å². The lowest BCUT2D eigenvalue weighted by molar-refractivity contribution is -0.898. The van der Waals surface area contributed by atoms with Gasteiger partial charge in [-0.15, -0.1) is 0 Å². The van der Waals surface area contributed by atoms with E-state index in [0.29, 0.717) is 11.3 Å². The van der Waals surface area contributed by atoms with Crippen molar-refractivity contribution in [1.82, 2.24) is 4.90 Å². The van der Waals surface area contributed by atoms with Gasteiger partial charge in [-0.3, -0.25) is 4.79 Å². The van der Waals surface area contributed by atoms with Gasteiger partial charge in [-0.05, 0) is 24.6 Å². The molecule has 1 fully saturated rings. The first-order valence-electron chi connectivity index (χ1n) is 8.12. The van der Waals surface area contributed by atoms with E-state index in [1.807, 2.05) is 17.9 Å². The highest BCUT2D eigenvalue weighted by atomic mass is 16.3. The number of piperazine rings is 1. The summed E-state index contributed by atoms with van der Waals surface area (Å²) in [5.41, 5.74) is 1.92. The van der Waals surface area contributed by atoms with Gasteiger partial charge in [-0.25, -0.2) is 0 Å². The Morgan fingerprint density at radius 2 is 1.96 bits per heavy atom. The number of nitrogens with one attached hydrogen (secondary N) is 1. The van der Waals surface area contributed by atoms with Gasteiger partial charge in [0.05, 0.1) is 44.6 Å². The molecule has 1 aromatic carbocycles. The first kappa shape index (κ1) is 15.6. The van der Waals surface area contributed by atoms with Crippen LogP contribution in [0.3, 0.4) is 0 Å². The summed E-state index contributed by atoms with van der Waals surface area (Å²) in [4.78, 5) is 15.9. The predicted molar refractivity (Wildman–Crippen MR) is 90.4 cm³/mol. The van der Waals surface area contributed by atoms with Crippen molar-refractivity contribution < 1.29 is 14.1 Å². The fraction of sp³-hybridized carbons (Fsp3) is 0.316. The topological polar surface area (TPSA) is 37.9 Å². The highest BCUT2D eigenvalue weighted by molar-refractivity contribution is 5.95. The van der Waals surface area contributed by atoms with Crippen molar-refractivity contribution in [3.63, 3.8) is 0 Å². The van der Waals surface area contributed by atoms with E-state index in [1.54, 1.807) is 12.3 Å². The quantitative estimate of drug-likeness (QED) is 0.932. The molecule has 3 rings (SSSR count). The molecule has 0 atom stereocenters. The van der Waals surface area contributed by atoms with Gasteiger partial charge in [-0.1, -0.05) is 36.4 Å². The number of aryl methyl sites for hydroxylation is 1. The molecule has 0 aliphatic carbocycles. The van der Waals surface area contributed by atoms with E-state index >= 15 is 0 Å². The number of nitrogens with zero attached hydrogens (tertiary/aromatic N) is 1. The third-order valence-corrected chi connectivity index (χ3v) is 4.36. The molecule has 4 heteroatoms. The molecule has 23 heavy (non-hydrogen) atoms. The van der Waals surface area contributed by atoms with E-state index in [4.69, 9.17) is 4.42 Å². The zero-order valence-electron chi connectivity index (χ0n) is 13.5. The smallest absolute Gasteiger partial charge is 0.257 e. The normalized spacial score (nSPS) is 16.1. The number of amides is 1. The van der Waals surface area contributed by atoms with Crippen molar-refractivity contribution in [2.75, 3.05) is 32.7 Å². The van der Waals surface area contributed by atoms with Crippen LogP contribution in [0, 0.1) is 6.92 Å². The molecule has 120 valence electrons. The van der Waals surface area contributed by atoms with Crippen molar-refractivity contribution in [3.05, 3.63) is 65.6 Å². The first-order chi connectivity index (χ1) is 11.2.